The molecule has 0 aromatic carbocycles. The fourth-order valence-corrected chi connectivity index (χ4v) is 3.19. The number of nitrogens with zero attached hydrogens (tertiary/aromatic N) is 3. The molecule has 0 unspecified atom stereocenters. The summed E-state index contributed by atoms with van der Waals surface area (Å²) < 4.78 is 5.34. The number of aryl methyl sites for hydroxylation is 1. The highest BCUT2D eigenvalue weighted by atomic mass is 16.5. The second kappa shape index (κ2) is 6.71. The van der Waals surface area contributed by atoms with Crippen molar-refractivity contribution in [1.82, 2.24) is 14.9 Å². The molecule has 6 nitrogen and oxygen atoms in total. The fraction of sp³-hybridized carbons (Fsp3) is 0.688. The van der Waals surface area contributed by atoms with Crippen molar-refractivity contribution >= 4 is 11.7 Å². The maximum absolute atomic E-state index is 12.1. The number of ether oxygens (including phenoxy) is 1. The van der Waals surface area contributed by atoms with Crippen LogP contribution in [-0.4, -0.2) is 60.0 Å². The zero-order valence-electron chi connectivity index (χ0n) is 13.4. The minimum Gasteiger partial charge on any atom is -0.379 e. The van der Waals surface area contributed by atoms with Crippen LogP contribution in [0, 0.1) is 12.8 Å². The zero-order chi connectivity index (χ0) is 15.5. The molecule has 0 radical (unpaired) electrons. The van der Waals surface area contributed by atoms with Gasteiger partial charge in [-0.2, -0.15) is 0 Å². The number of carbonyl (C=O) groups is 1. The van der Waals surface area contributed by atoms with Gasteiger partial charge in [0.1, 0.15) is 0 Å². The summed E-state index contributed by atoms with van der Waals surface area (Å²) >= 11 is 0. The molecule has 2 heterocycles. The standard InChI is InChI=1S/C16H24N4O2/c1-11-9-13-15(14(21)10-11)12(2)18-16(19-13)17-3-4-20-5-7-22-8-6-20/h11H,3-10H2,1-2H3,(H,17,18,19)/t11-/m0/s1. The van der Waals surface area contributed by atoms with E-state index in [-0.39, 0.29) is 5.78 Å². The van der Waals surface area contributed by atoms with Crippen LogP contribution in [-0.2, 0) is 11.2 Å². The van der Waals surface area contributed by atoms with Crippen molar-refractivity contribution in [3.8, 4) is 0 Å². The molecule has 1 aliphatic heterocycles. The van der Waals surface area contributed by atoms with Crippen LogP contribution in [0.4, 0.5) is 5.95 Å². The molecule has 1 aliphatic carbocycles. The molecule has 1 aromatic heterocycles. The number of aromatic nitrogens is 2. The highest BCUT2D eigenvalue weighted by Gasteiger charge is 2.26. The summed E-state index contributed by atoms with van der Waals surface area (Å²) in [5.41, 5.74) is 2.46. The molecule has 0 amide bonds. The van der Waals surface area contributed by atoms with E-state index in [1.165, 1.54) is 0 Å². The predicted octanol–water partition coefficient (Wildman–Crippen LogP) is 1.29. The van der Waals surface area contributed by atoms with Crippen molar-refractivity contribution in [2.24, 2.45) is 5.92 Å². The van der Waals surface area contributed by atoms with Crippen LogP contribution >= 0.6 is 0 Å². The minimum absolute atomic E-state index is 0.186. The molecule has 6 heteroatoms. The lowest BCUT2D eigenvalue weighted by atomic mass is 9.86. The summed E-state index contributed by atoms with van der Waals surface area (Å²) in [4.78, 5) is 23.5. The molecule has 3 rings (SSSR count). The van der Waals surface area contributed by atoms with E-state index in [1.807, 2.05) is 6.92 Å². The molecule has 0 saturated carbocycles. The summed E-state index contributed by atoms with van der Waals surface area (Å²) in [6.07, 6.45) is 1.48. The van der Waals surface area contributed by atoms with Crippen LogP contribution in [0.1, 0.15) is 35.1 Å². The zero-order valence-corrected chi connectivity index (χ0v) is 13.4. The van der Waals surface area contributed by atoms with E-state index < -0.39 is 0 Å². The first-order chi connectivity index (χ1) is 10.6. The van der Waals surface area contributed by atoms with Crippen LogP contribution in [0.2, 0.25) is 0 Å². The van der Waals surface area contributed by atoms with Crippen LogP contribution in [0.3, 0.4) is 0 Å². The molecule has 1 fully saturated rings. The smallest absolute Gasteiger partial charge is 0.223 e. The van der Waals surface area contributed by atoms with Gasteiger partial charge in [-0.25, -0.2) is 9.97 Å². The van der Waals surface area contributed by atoms with E-state index in [2.05, 4.69) is 27.1 Å². The maximum Gasteiger partial charge on any atom is 0.223 e. The number of fused-ring (bicyclic) bond motifs is 1. The first-order valence-electron chi connectivity index (χ1n) is 8.08. The summed E-state index contributed by atoms with van der Waals surface area (Å²) in [5, 5.41) is 3.30. The van der Waals surface area contributed by atoms with Crippen molar-refractivity contribution in [2.45, 2.75) is 26.7 Å². The molecular weight excluding hydrogens is 280 g/mol. The average Bonchev–Trinajstić information content (AvgIpc) is 2.47. The number of morpholine rings is 1. The average molecular weight is 304 g/mol. The Labute approximate surface area is 131 Å². The number of carbonyl (C=O) groups excluding carboxylic acids is 1. The highest BCUT2D eigenvalue weighted by molar-refractivity contribution is 5.99. The lowest BCUT2D eigenvalue weighted by molar-refractivity contribution is 0.0398. The molecule has 0 spiro atoms. The Morgan fingerprint density at radius 2 is 2.05 bits per heavy atom. The third-order valence-corrected chi connectivity index (χ3v) is 4.33. The first kappa shape index (κ1) is 15.4. The summed E-state index contributed by atoms with van der Waals surface area (Å²) in [6.45, 7) is 9.36. The summed E-state index contributed by atoms with van der Waals surface area (Å²) in [5.74, 6) is 1.20. The second-order valence-electron chi connectivity index (χ2n) is 6.27. The third-order valence-electron chi connectivity index (χ3n) is 4.33. The number of hydrogen-bond acceptors (Lipinski definition) is 6. The number of ketones is 1. The molecule has 2 aliphatic rings. The van der Waals surface area contributed by atoms with Gasteiger partial charge in [-0.1, -0.05) is 6.92 Å². The SMILES string of the molecule is Cc1nc(NCCN2CCOCC2)nc2c1C(=O)C[C@@H](C)C2. The van der Waals surface area contributed by atoms with Gasteiger partial charge in [0.05, 0.1) is 30.2 Å². The Morgan fingerprint density at radius 1 is 1.27 bits per heavy atom. The van der Waals surface area contributed by atoms with Crippen molar-refractivity contribution in [2.75, 3.05) is 44.7 Å². The number of nitrogens with one attached hydrogen (secondary N) is 1. The van der Waals surface area contributed by atoms with E-state index in [1.54, 1.807) is 0 Å². The summed E-state index contributed by atoms with van der Waals surface area (Å²) in [6, 6.07) is 0. The molecule has 0 bridgehead atoms. The van der Waals surface area contributed by atoms with E-state index in [4.69, 9.17) is 4.74 Å². The van der Waals surface area contributed by atoms with E-state index in [0.717, 1.165) is 62.8 Å². The van der Waals surface area contributed by atoms with Crippen LogP contribution in [0.5, 0.6) is 0 Å². The Kier molecular flexibility index (Phi) is 4.69. The predicted molar refractivity (Wildman–Crippen MR) is 84.3 cm³/mol. The number of Topliss-reactive ketones (excluding diaryl/α,β-unsaturated/α-hetero) is 1. The fourth-order valence-electron chi connectivity index (χ4n) is 3.19. The van der Waals surface area contributed by atoms with Crippen molar-refractivity contribution < 1.29 is 9.53 Å². The van der Waals surface area contributed by atoms with Gasteiger partial charge in [-0.05, 0) is 19.3 Å². The quantitative estimate of drug-likeness (QED) is 0.904. The van der Waals surface area contributed by atoms with Gasteiger partial charge in [0.25, 0.3) is 0 Å². The molecular formula is C16H24N4O2. The molecule has 1 atom stereocenters. The second-order valence-corrected chi connectivity index (χ2v) is 6.27. The van der Waals surface area contributed by atoms with Crippen LogP contribution in [0.15, 0.2) is 0 Å². The topological polar surface area (TPSA) is 67.3 Å². The first-order valence-corrected chi connectivity index (χ1v) is 8.08. The monoisotopic (exact) mass is 304 g/mol. The van der Waals surface area contributed by atoms with Crippen molar-refractivity contribution in [3.05, 3.63) is 17.0 Å². The molecule has 1 N–H and O–H groups in total. The molecule has 22 heavy (non-hydrogen) atoms. The van der Waals surface area contributed by atoms with Gasteiger partial charge in [0.15, 0.2) is 5.78 Å². The third kappa shape index (κ3) is 3.44. The normalized spacial score (nSPS) is 22.5. The van der Waals surface area contributed by atoms with Gasteiger partial charge in [0, 0.05) is 32.6 Å². The van der Waals surface area contributed by atoms with Gasteiger partial charge in [-0.3, -0.25) is 9.69 Å². The number of rotatable bonds is 4. The van der Waals surface area contributed by atoms with E-state index in [9.17, 15) is 4.79 Å². The minimum atomic E-state index is 0.186. The molecule has 1 saturated heterocycles. The van der Waals surface area contributed by atoms with Gasteiger partial charge >= 0.3 is 0 Å². The molecule has 1 aromatic rings. The summed E-state index contributed by atoms with van der Waals surface area (Å²) in [7, 11) is 0. The van der Waals surface area contributed by atoms with Gasteiger partial charge in [-0.15, -0.1) is 0 Å². The molecule has 120 valence electrons. The van der Waals surface area contributed by atoms with Crippen LogP contribution in [0.25, 0.3) is 0 Å². The van der Waals surface area contributed by atoms with Crippen molar-refractivity contribution in [3.63, 3.8) is 0 Å². The van der Waals surface area contributed by atoms with Crippen molar-refractivity contribution in [1.29, 1.82) is 0 Å². The highest BCUT2D eigenvalue weighted by Crippen LogP contribution is 2.26. The number of anilines is 1. The lowest BCUT2D eigenvalue weighted by Gasteiger charge is -2.26. The van der Waals surface area contributed by atoms with Gasteiger partial charge in [0.2, 0.25) is 5.95 Å². The Hall–Kier alpha value is -1.53. The largest absolute Gasteiger partial charge is 0.379 e. The number of hydrogen-bond donors (Lipinski definition) is 1. The van der Waals surface area contributed by atoms with E-state index in [0.29, 0.717) is 18.3 Å². The Bertz CT molecular complexity index is 555. The lowest BCUT2D eigenvalue weighted by Crippen LogP contribution is -2.39. The maximum atomic E-state index is 12.1. The van der Waals surface area contributed by atoms with E-state index >= 15 is 0 Å². The van der Waals surface area contributed by atoms with Crippen LogP contribution < -0.4 is 5.32 Å². The Morgan fingerprint density at radius 3 is 2.82 bits per heavy atom. The Balaban J connectivity index is 1.63. The van der Waals surface area contributed by atoms with Gasteiger partial charge < -0.3 is 10.1 Å².